The van der Waals surface area contributed by atoms with E-state index in [1.165, 1.54) is 32.1 Å². The minimum Gasteiger partial charge on any atom is -0.494 e. The highest BCUT2D eigenvalue weighted by Gasteiger charge is 2.41. The molecule has 0 saturated heterocycles. The van der Waals surface area contributed by atoms with Crippen LogP contribution in [0.2, 0.25) is 5.02 Å². The first-order valence-corrected chi connectivity index (χ1v) is 14.3. The fraction of sp³-hybridized carbons (Fsp3) is 0.406. The number of unbranched alkanes of at least 4 members (excludes halogenated alkanes) is 5. The molecule has 200 valence electrons. The van der Waals surface area contributed by atoms with Crippen molar-refractivity contribution < 1.29 is 14.2 Å². The van der Waals surface area contributed by atoms with Crippen LogP contribution in [-0.2, 0) is 0 Å². The average Bonchev–Trinajstić information content (AvgIpc) is 3.39. The quantitative estimate of drug-likeness (QED) is 0.219. The lowest BCUT2D eigenvalue weighted by Gasteiger charge is -2.38. The van der Waals surface area contributed by atoms with Crippen LogP contribution in [0.1, 0.15) is 87.8 Å². The summed E-state index contributed by atoms with van der Waals surface area (Å²) in [6.45, 7) is 5.64. The Morgan fingerprint density at radius 3 is 2.34 bits per heavy atom. The maximum atomic E-state index is 6.51. The summed E-state index contributed by atoms with van der Waals surface area (Å²) in [5, 5.41) is 7.85. The van der Waals surface area contributed by atoms with Crippen LogP contribution >= 0.6 is 11.6 Å². The topological polar surface area (TPSA) is 43.3 Å². The molecule has 2 aliphatic heterocycles. The van der Waals surface area contributed by atoms with Crippen LogP contribution in [0.3, 0.4) is 0 Å². The van der Waals surface area contributed by atoms with E-state index in [0.717, 1.165) is 59.1 Å². The van der Waals surface area contributed by atoms with E-state index >= 15 is 0 Å². The lowest BCUT2D eigenvalue weighted by Crippen LogP contribution is -2.33. The van der Waals surface area contributed by atoms with Gasteiger partial charge in [0.15, 0.2) is 0 Å². The van der Waals surface area contributed by atoms with Crippen molar-refractivity contribution in [2.45, 2.75) is 71.1 Å². The van der Waals surface area contributed by atoms with Crippen molar-refractivity contribution in [2.75, 3.05) is 13.2 Å². The maximum Gasteiger partial charge on any atom is 0.213 e. The predicted molar refractivity (Wildman–Crippen MR) is 153 cm³/mol. The molecule has 5 rings (SSSR count). The number of hydrazone groups is 1. The third-order valence-electron chi connectivity index (χ3n) is 7.18. The van der Waals surface area contributed by atoms with Gasteiger partial charge in [-0.2, -0.15) is 5.10 Å². The van der Waals surface area contributed by atoms with E-state index in [2.05, 4.69) is 36.2 Å². The Balaban J connectivity index is 1.32. The Kier molecular flexibility index (Phi) is 8.75. The molecule has 0 fully saturated rings. The Hall–Kier alpha value is -3.18. The van der Waals surface area contributed by atoms with E-state index in [0.29, 0.717) is 11.6 Å². The van der Waals surface area contributed by atoms with Crippen molar-refractivity contribution in [1.82, 2.24) is 5.01 Å². The summed E-state index contributed by atoms with van der Waals surface area (Å²) in [6.07, 6.45) is 7.98. The van der Waals surface area contributed by atoms with Gasteiger partial charge in [-0.15, -0.1) is 0 Å². The van der Waals surface area contributed by atoms with Gasteiger partial charge in [0.2, 0.25) is 6.23 Å². The zero-order valence-electron chi connectivity index (χ0n) is 22.4. The fourth-order valence-corrected chi connectivity index (χ4v) is 5.34. The third kappa shape index (κ3) is 6.10. The van der Waals surface area contributed by atoms with E-state index in [1.54, 1.807) is 0 Å². The number of hydrogen-bond acceptors (Lipinski definition) is 5. The molecule has 6 heteroatoms. The molecule has 38 heavy (non-hydrogen) atoms. The van der Waals surface area contributed by atoms with E-state index < -0.39 is 0 Å². The number of fused-ring (bicyclic) bond motifs is 3. The van der Waals surface area contributed by atoms with Gasteiger partial charge in [0.25, 0.3) is 0 Å². The van der Waals surface area contributed by atoms with Gasteiger partial charge in [-0.05, 0) is 85.6 Å². The Labute approximate surface area is 231 Å². The summed E-state index contributed by atoms with van der Waals surface area (Å²) < 4.78 is 18.1. The summed E-state index contributed by atoms with van der Waals surface area (Å²) in [5.74, 6) is 2.61. The van der Waals surface area contributed by atoms with E-state index in [9.17, 15) is 0 Å². The molecule has 0 spiro atoms. The molecule has 0 bridgehead atoms. The van der Waals surface area contributed by atoms with Crippen LogP contribution in [0.5, 0.6) is 17.2 Å². The van der Waals surface area contributed by atoms with Crippen LogP contribution in [0.4, 0.5) is 0 Å². The first kappa shape index (κ1) is 26.4. The van der Waals surface area contributed by atoms with Crippen LogP contribution in [-0.4, -0.2) is 23.9 Å². The highest BCUT2D eigenvalue weighted by molar-refractivity contribution is 6.30. The molecule has 2 aliphatic rings. The van der Waals surface area contributed by atoms with Crippen molar-refractivity contribution >= 4 is 17.3 Å². The number of hydrogen-bond donors (Lipinski definition) is 0. The molecule has 0 amide bonds. The summed E-state index contributed by atoms with van der Waals surface area (Å²) >= 11 is 6.38. The number of nitrogens with zero attached hydrogens (tertiary/aromatic N) is 2. The lowest BCUT2D eigenvalue weighted by molar-refractivity contribution is -0.0190. The minimum atomic E-state index is -0.332. The molecular weight excluding hydrogens is 496 g/mol. The van der Waals surface area contributed by atoms with E-state index in [1.807, 2.05) is 49.4 Å². The normalized spacial score (nSPS) is 17.9. The van der Waals surface area contributed by atoms with Crippen LogP contribution in [0.15, 0.2) is 71.8 Å². The highest BCUT2D eigenvalue weighted by atomic mass is 35.5. The number of benzene rings is 3. The predicted octanol–water partition coefficient (Wildman–Crippen LogP) is 8.72. The number of rotatable bonds is 12. The summed E-state index contributed by atoms with van der Waals surface area (Å²) in [6, 6.07) is 22.3. The lowest BCUT2D eigenvalue weighted by atomic mass is 9.96. The molecular formula is C32H37ClN2O3. The summed E-state index contributed by atoms with van der Waals surface area (Å²) in [4.78, 5) is 0. The average molecular weight is 533 g/mol. The molecule has 0 unspecified atom stereocenters. The second kappa shape index (κ2) is 12.6. The molecule has 0 saturated carbocycles. The molecule has 2 atom stereocenters. The fourth-order valence-electron chi connectivity index (χ4n) is 5.16. The molecule has 2 heterocycles. The molecule has 0 aliphatic carbocycles. The standard InChI is InChI=1S/C32H37ClN2O3/c1-3-5-6-7-8-9-20-37-27-17-12-24(13-18-27)32-35-30(28-21-25(33)14-19-31(28)38-32)22-29(34-35)23-10-15-26(16-11-23)36-4-2/h10-19,21,30,32H,3-9,20,22H2,1-2H3/t30-,32-/m0/s1. The van der Waals surface area contributed by atoms with Crippen LogP contribution in [0, 0.1) is 0 Å². The molecule has 0 N–H and O–H groups in total. The van der Waals surface area contributed by atoms with Gasteiger partial charge in [0, 0.05) is 22.6 Å². The SMILES string of the molecule is CCCCCCCCOc1ccc([C@@H]2Oc3ccc(Cl)cc3[C@@H]3CC(c4ccc(OCC)cc4)=NN32)cc1. The van der Waals surface area contributed by atoms with Crippen molar-refractivity contribution in [1.29, 1.82) is 0 Å². The molecule has 0 aromatic heterocycles. The Bertz CT molecular complexity index is 1230. The van der Waals surface area contributed by atoms with Gasteiger partial charge in [0.05, 0.1) is 25.0 Å². The minimum absolute atomic E-state index is 0.0488. The van der Waals surface area contributed by atoms with Gasteiger partial charge >= 0.3 is 0 Å². The Morgan fingerprint density at radius 1 is 0.868 bits per heavy atom. The zero-order chi connectivity index (χ0) is 26.3. The van der Waals surface area contributed by atoms with Gasteiger partial charge < -0.3 is 14.2 Å². The molecule has 3 aromatic carbocycles. The zero-order valence-corrected chi connectivity index (χ0v) is 23.1. The number of ether oxygens (including phenoxy) is 3. The molecule has 0 radical (unpaired) electrons. The van der Waals surface area contributed by atoms with Crippen molar-refractivity contribution in [3.8, 4) is 17.2 Å². The number of halogens is 1. The summed E-state index contributed by atoms with van der Waals surface area (Å²) in [7, 11) is 0. The smallest absolute Gasteiger partial charge is 0.213 e. The molecule has 3 aromatic rings. The first-order chi connectivity index (χ1) is 18.7. The van der Waals surface area contributed by atoms with E-state index in [4.69, 9.17) is 30.9 Å². The third-order valence-corrected chi connectivity index (χ3v) is 7.42. The van der Waals surface area contributed by atoms with E-state index in [-0.39, 0.29) is 12.3 Å². The van der Waals surface area contributed by atoms with Crippen molar-refractivity contribution in [2.24, 2.45) is 5.10 Å². The van der Waals surface area contributed by atoms with Crippen molar-refractivity contribution in [3.63, 3.8) is 0 Å². The van der Waals surface area contributed by atoms with Crippen LogP contribution in [0.25, 0.3) is 0 Å². The first-order valence-electron chi connectivity index (χ1n) is 13.9. The van der Waals surface area contributed by atoms with Crippen LogP contribution < -0.4 is 14.2 Å². The van der Waals surface area contributed by atoms with Gasteiger partial charge in [-0.25, -0.2) is 5.01 Å². The second-order valence-corrected chi connectivity index (χ2v) is 10.4. The Morgan fingerprint density at radius 2 is 1.58 bits per heavy atom. The summed E-state index contributed by atoms with van der Waals surface area (Å²) in [5.41, 5.74) is 4.22. The highest BCUT2D eigenvalue weighted by Crippen LogP contribution is 2.48. The monoisotopic (exact) mass is 532 g/mol. The van der Waals surface area contributed by atoms with Gasteiger partial charge in [-0.3, -0.25) is 0 Å². The maximum absolute atomic E-state index is 6.51. The molecule has 5 nitrogen and oxygen atoms in total. The van der Waals surface area contributed by atoms with Gasteiger partial charge in [0.1, 0.15) is 17.2 Å². The van der Waals surface area contributed by atoms with Crippen molar-refractivity contribution in [3.05, 3.63) is 88.4 Å². The van der Waals surface area contributed by atoms with Gasteiger partial charge in [-0.1, -0.05) is 50.6 Å². The largest absolute Gasteiger partial charge is 0.494 e. The second-order valence-electron chi connectivity index (χ2n) is 9.94.